The van der Waals surface area contributed by atoms with E-state index in [1.54, 1.807) is 24.3 Å². The Morgan fingerprint density at radius 1 is 0.848 bits per heavy atom. The third-order valence-corrected chi connectivity index (χ3v) is 5.77. The van der Waals surface area contributed by atoms with Crippen molar-refractivity contribution in [1.82, 2.24) is 0 Å². The van der Waals surface area contributed by atoms with E-state index in [0.29, 0.717) is 35.9 Å². The van der Waals surface area contributed by atoms with Crippen molar-refractivity contribution in [3.8, 4) is 5.75 Å². The van der Waals surface area contributed by atoms with Crippen LogP contribution in [0.3, 0.4) is 0 Å². The maximum absolute atomic E-state index is 13.8. The first-order valence-electron chi connectivity index (χ1n) is 11.2. The van der Waals surface area contributed by atoms with Crippen molar-refractivity contribution in [1.29, 1.82) is 0 Å². The molecule has 5 nitrogen and oxygen atoms in total. The summed E-state index contributed by atoms with van der Waals surface area (Å²) in [5, 5.41) is 0. The monoisotopic (exact) mass is 440 g/mol. The second-order valence-electron chi connectivity index (χ2n) is 7.99. The molecule has 0 aromatic heterocycles. The molecule has 2 amide bonds. The van der Waals surface area contributed by atoms with Gasteiger partial charge in [-0.15, -0.1) is 0 Å². The number of rotatable bonds is 7. The lowest BCUT2D eigenvalue weighted by atomic mass is 9.97. The van der Waals surface area contributed by atoms with E-state index in [-0.39, 0.29) is 11.8 Å². The maximum atomic E-state index is 13.8. The Kier molecular flexibility index (Phi) is 6.31. The van der Waals surface area contributed by atoms with Crippen molar-refractivity contribution in [3.05, 3.63) is 95.2 Å². The number of likely N-dealkylation sites (N-methyl/N-ethyl adjacent to an activating group) is 1. The molecular formula is C28H28N2O3. The van der Waals surface area contributed by atoms with E-state index >= 15 is 0 Å². The van der Waals surface area contributed by atoms with Gasteiger partial charge in [0, 0.05) is 12.2 Å². The highest BCUT2D eigenvalue weighted by Crippen LogP contribution is 2.38. The molecule has 0 radical (unpaired) electrons. The molecule has 0 saturated carbocycles. The first-order chi connectivity index (χ1) is 16.0. The number of benzene rings is 3. The predicted molar refractivity (Wildman–Crippen MR) is 132 cm³/mol. The molecule has 1 heterocycles. The number of nitrogens with zero attached hydrogens (tertiary/aromatic N) is 2. The lowest BCUT2D eigenvalue weighted by molar-refractivity contribution is -0.120. The third-order valence-electron chi connectivity index (χ3n) is 5.77. The molecular weight excluding hydrogens is 412 g/mol. The summed E-state index contributed by atoms with van der Waals surface area (Å²) in [6.07, 6.45) is 0. The van der Waals surface area contributed by atoms with Gasteiger partial charge in [-0.25, -0.2) is 4.90 Å². The largest absolute Gasteiger partial charge is 0.494 e. The summed E-state index contributed by atoms with van der Waals surface area (Å²) in [7, 11) is 0. The van der Waals surface area contributed by atoms with Crippen LogP contribution in [0.2, 0.25) is 0 Å². The fourth-order valence-corrected chi connectivity index (χ4v) is 4.28. The molecule has 0 atom stereocenters. The summed E-state index contributed by atoms with van der Waals surface area (Å²) in [5.74, 6) is 0.0490. The number of carbonyl (C=O) groups is 2. The summed E-state index contributed by atoms with van der Waals surface area (Å²) >= 11 is 0. The number of imide groups is 1. The van der Waals surface area contributed by atoms with Gasteiger partial charge in [0.25, 0.3) is 11.8 Å². The molecule has 1 aliphatic rings. The zero-order chi connectivity index (χ0) is 23.5. The minimum Gasteiger partial charge on any atom is -0.494 e. The average molecular weight is 441 g/mol. The minimum atomic E-state index is -0.329. The molecule has 1 aliphatic heterocycles. The van der Waals surface area contributed by atoms with Crippen LogP contribution in [0.5, 0.6) is 5.75 Å². The molecule has 3 aromatic rings. The molecule has 33 heavy (non-hydrogen) atoms. The zero-order valence-electron chi connectivity index (χ0n) is 19.5. The summed E-state index contributed by atoms with van der Waals surface area (Å²) in [6, 6.07) is 22.7. The smallest absolute Gasteiger partial charge is 0.282 e. The molecule has 4 rings (SSSR count). The molecule has 0 saturated heterocycles. The average Bonchev–Trinajstić information content (AvgIpc) is 3.06. The highest BCUT2D eigenvalue weighted by atomic mass is 16.5. The van der Waals surface area contributed by atoms with Crippen molar-refractivity contribution in [2.24, 2.45) is 0 Å². The van der Waals surface area contributed by atoms with E-state index < -0.39 is 0 Å². The van der Waals surface area contributed by atoms with Gasteiger partial charge in [-0.2, -0.15) is 0 Å². The lowest BCUT2D eigenvalue weighted by Gasteiger charge is -2.25. The van der Waals surface area contributed by atoms with Gasteiger partial charge < -0.3 is 9.64 Å². The first kappa shape index (κ1) is 22.3. The molecule has 168 valence electrons. The number of carbonyl (C=O) groups excluding carboxylic acids is 2. The summed E-state index contributed by atoms with van der Waals surface area (Å²) < 4.78 is 5.52. The number of anilines is 2. The molecule has 0 spiro atoms. The number of hydrogen-bond donors (Lipinski definition) is 0. The van der Waals surface area contributed by atoms with Gasteiger partial charge in [-0.1, -0.05) is 42.0 Å². The fourth-order valence-electron chi connectivity index (χ4n) is 4.28. The number of aryl methyl sites for hydroxylation is 2. The number of amides is 2. The van der Waals surface area contributed by atoms with Crippen LogP contribution in [0.25, 0.3) is 5.57 Å². The van der Waals surface area contributed by atoms with E-state index in [2.05, 4.69) is 0 Å². The Hall–Kier alpha value is -3.86. The molecule has 0 unspecified atom stereocenters. The lowest BCUT2D eigenvalue weighted by Crippen LogP contribution is -2.35. The second kappa shape index (κ2) is 9.33. The van der Waals surface area contributed by atoms with Crippen molar-refractivity contribution in [2.45, 2.75) is 27.7 Å². The summed E-state index contributed by atoms with van der Waals surface area (Å²) in [6.45, 7) is 8.98. The Bertz CT molecular complexity index is 1210. The number of hydrogen-bond acceptors (Lipinski definition) is 4. The van der Waals surface area contributed by atoms with Crippen molar-refractivity contribution in [2.75, 3.05) is 23.0 Å². The van der Waals surface area contributed by atoms with Gasteiger partial charge in [0.05, 0.1) is 17.9 Å². The van der Waals surface area contributed by atoms with Gasteiger partial charge in [-0.05, 0) is 75.2 Å². The van der Waals surface area contributed by atoms with E-state index in [1.807, 2.05) is 81.1 Å². The van der Waals surface area contributed by atoms with Gasteiger partial charge in [0.1, 0.15) is 11.4 Å². The molecule has 0 aliphatic carbocycles. The summed E-state index contributed by atoms with van der Waals surface area (Å²) in [5.41, 5.74) is 5.06. The minimum absolute atomic E-state index is 0.319. The van der Waals surface area contributed by atoms with Gasteiger partial charge in [0.2, 0.25) is 0 Å². The van der Waals surface area contributed by atoms with E-state index in [9.17, 15) is 9.59 Å². The van der Waals surface area contributed by atoms with Crippen molar-refractivity contribution in [3.63, 3.8) is 0 Å². The van der Waals surface area contributed by atoms with Gasteiger partial charge >= 0.3 is 0 Å². The standard InChI is InChI=1S/C28H28N2O3/c1-5-29(21-10-8-7-9-11-21)26-25(24-17-12-19(3)18-20(24)4)27(31)30(28(26)32)22-13-15-23(16-14-22)33-6-2/h7-18H,5-6H2,1-4H3. The Morgan fingerprint density at radius 3 is 2.15 bits per heavy atom. The van der Waals surface area contributed by atoms with Gasteiger partial charge in [-0.3, -0.25) is 9.59 Å². The molecule has 0 N–H and O–H groups in total. The quantitative estimate of drug-likeness (QED) is 0.455. The topological polar surface area (TPSA) is 49.9 Å². The first-order valence-corrected chi connectivity index (χ1v) is 11.2. The van der Waals surface area contributed by atoms with Crippen LogP contribution in [-0.2, 0) is 9.59 Å². The summed E-state index contributed by atoms with van der Waals surface area (Å²) in [4.78, 5) is 30.8. The van der Waals surface area contributed by atoms with Crippen LogP contribution in [0.1, 0.15) is 30.5 Å². The maximum Gasteiger partial charge on any atom is 0.282 e. The molecule has 0 bridgehead atoms. The second-order valence-corrected chi connectivity index (χ2v) is 7.99. The third kappa shape index (κ3) is 4.14. The SMILES string of the molecule is CCOc1ccc(N2C(=O)C(c3ccc(C)cc3C)=C(N(CC)c3ccccc3)C2=O)cc1. The van der Waals surface area contributed by atoms with E-state index in [0.717, 1.165) is 22.4 Å². The van der Waals surface area contributed by atoms with Crippen LogP contribution in [0.15, 0.2) is 78.5 Å². The van der Waals surface area contributed by atoms with Crippen molar-refractivity contribution < 1.29 is 14.3 Å². The Morgan fingerprint density at radius 2 is 1.55 bits per heavy atom. The Balaban J connectivity index is 1.88. The Labute approximate surface area is 194 Å². The number of para-hydroxylation sites is 1. The van der Waals surface area contributed by atoms with E-state index in [4.69, 9.17) is 4.74 Å². The van der Waals surface area contributed by atoms with Crippen LogP contribution >= 0.6 is 0 Å². The zero-order valence-corrected chi connectivity index (χ0v) is 19.5. The number of ether oxygens (including phenoxy) is 1. The molecule has 5 heteroatoms. The normalized spacial score (nSPS) is 13.6. The molecule has 0 fully saturated rings. The van der Waals surface area contributed by atoms with Crippen LogP contribution < -0.4 is 14.5 Å². The van der Waals surface area contributed by atoms with E-state index in [1.165, 1.54) is 4.90 Å². The van der Waals surface area contributed by atoms with Crippen LogP contribution in [0, 0.1) is 13.8 Å². The van der Waals surface area contributed by atoms with Crippen LogP contribution in [-0.4, -0.2) is 25.0 Å². The molecule has 3 aromatic carbocycles. The highest BCUT2D eigenvalue weighted by molar-refractivity contribution is 6.46. The fraction of sp³-hybridized carbons (Fsp3) is 0.214. The van der Waals surface area contributed by atoms with Crippen molar-refractivity contribution >= 4 is 28.8 Å². The highest BCUT2D eigenvalue weighted by Gasteiger charge is 2.43. The predicted octanol–water partition coefficient (Wildman–Crippen LogP) is 5.51. The van der Waals surface area contributed by atoms with Gasteiger partial charge in [0.15, 0.2) is 0 Å². The van der Waals surface area contributed by atoms with Crippen LogP contribution in [0.4, 0.5) is 11.4 Å².